The summed E-state index contributed by atoms with van der Waals surface area (Å²) in [5.41, 5.74) is 3.15. The fourth-order valence-corrected chi connectivity index (χ4v) is 2.63. The van der Waals surface area contributed by atoms with Crippen LogP contribution in [0.1, 0.15) is 16.7 Å². The summed E-state index contributed by atoms with van der Waals surface area (Å²) < 4.78 is 11.0. The highest BCUT2D eigenvalue weighted by atomic mass is 16.5. The molecule has 0 saturated carbocycles. The van der Waals surface area contributed by atoms with Gasteiger partial charge in [0, 0.05) is 6.20 Å². The number of aryl methyl sites for hydroxylation is 1. The van der Waals surface area contributed by atoms with Gasteiger partial charge < -0.3 is 14.8 Å². The number of benzene rings is 2. The smallest absolute Gasteiger partial charge is 0.230 e. The molecule has 0 fully saturated rings. The quantitative estimate of drug-likeness (QED) is 0.686. The Balaban J connectivity index is 1.64. The Morgan fingerprint density at radius 1 is 1.04 bits per heavy atom. The van der Waals surface area contributed by atoms with Crippen molar-refractivity contribution < 1.29 is 14.3 Å². The molecule has 0 saturated heterocycles. The molecule has 0 radical (unpaired) electrons. The van der Waals surface area contributed by atoms with Gasteiger partial charge in [-0.1, -0.05) is 36.4 Å². The van der Waals surface area contributed by atoms with Gasteiger partial charge in [-0.05, 0) is 47.9 Å². The molecule has 1 amide bonds. The van der Waals surface area contributed by atoms with Crippen LogP contribution in [0.2, 0.25) is 0 Å². The standard InChI is InChI=1S/C22H22N2O3/c1-16-6-3-4-7-18(16)15-27-20-8-5-13-23-22(20)24-21(25)14-17-9-11-19(26-2)12-10-17/h3-13H,14-15H2,1-2H3,(H,23,24,25). The van der Waals surface area contributed by atoms with Gasteiger partial charge in [-0.25, -0.2) is 4.98 Å². The fraction of sp³-hybridized carbons (Fsp3) is 0.182. The molecule has 0 atom stereocenters. The fourth-order valence-electron chi connectivity index (χ4n) is 2.63. The Kier molecular flexibility index (Phi) is 6.05. The van der Waals surface area contributed by atoms with Crippen LogP contribution in [0.15, 0.2) is 66.9 Å². The van der Waals surface area contributed by atoms with E-state index in [4.69, 9.17) is 9.47 Å². The third-order valence-electron chi connectivity index (χ3n) is 4.20. The number of carbonyl (C=O) groups is 1. The van der Waals surface area contributed by atoms with Crippen molar-refractivity contribution in [1.29, 1.82) is 0 Å². The Bertz CT molecular complexity index is 907. The van der Waals surface area contributed by atoms with Crippen molar-refractivity contribution in [3.63, 3.8) is 0 Å². The first-order valence-corrected chi connectivity index (χ1v) is 8.71. The summed E-state index contributed by atoms with van der Waals surface area (Å²) in [6, 6.07) is 19.0. The second-order valence-electron chi connectivity index (χ2n) is 6.14. The summed E-state index contributed by atoms with van der Waals surface area (Å²) in [5, 5.41) is 2.83. The molecule has 1 aromatic heterocycles. The largest absolute Gasteiger partial charge is 0.497 e. The zero-order valence-corrected chi connectivity index (χ0v) is 15.4. The van der Waals surface area contributed by atoms with Gasteiger partial charge in [-0.15, -0.1) is 0 Å². The van der Waals surface area contributed by atoms with Crippen molar-refractivity contribution in [1.82, 2.24) is 4.98 Å². The van der Waals surface area contributed by atoms with Crippen molar-refractivity contribution in [3.8, 4) is 11.5 Å². The number of methoxy groups -OCH3 is 1. The van der Waals surface area contributed by atoms with Crippen LogP contribution >= 0.6 is 0 Å². The second kappa shape index (κ2) is 8.85. The number of amides is 1. The molecule has 3 rings (SSSR count). The van der Waals surface area contributed by atoms with Gasteiger partial charge in [-0.3, -0.25) is 4.79 Å². The summed E-state index contributed by atoms with van der Waals surface area (Å²) in [6.07, 6.45) is 1.88. The predicted molar refractivity (Wildman–Crippen MR) is 105 cm³/mol. The molecule has 2 aromatic carbocycles. The lowest BCUT2D eigenvalue weighted by Gasteiger charge is -2.12. The number of rotatable bonds is 7. The van der Waals surface area contributed by atoms with E-state index < -0.39 is 0 Å². The Morgan fingerprint density at radius 2 is 1.81 bits per heavy atom. The maximum atomic E-state index is 12.4. The number of pyridine rings is 1. The van der Waals surface area contributed by atoms with E-state index in [-0.39, 0.29) is 12.3 Å². The minimum atomic E-state index is -0.153. The summed E-state index contributed by atoms with van der Waals surface area (Å²) in [7, 11) is 1.61. The van der Waals surface area contributed by atoms with Crippen molar-refractivity contribution in [2.24, 2.45) is 0 Å². The SMILES string of the molecule is COc1ccc(CC(=O)Nc2ncccc2OCc2ccccc2C)cc1. The Hall–Kier alpha value is -3.34. The van der Waals surface area contributed by atoms with E-state index in [0.717, 1.165) is 22.4 Å². The van der Waals surface area contributed by atoms with E-state index in [1.165, 1.54) is 0 Å². The number of ether oxygens (including phenoxy) is 2. The van der Waals surface area contributed by atoms with Crippen molar-refractivity contribution in [2.45, 2.75) is 20.0 Å². The lowest BCUT2D eigenvalue weighted by Crippen LogP contribution is -2.16. The van der Waals surface area contributed by atoms with E-state index in [0.29, 0.717) is 18.2 Å². The van der Waals surface area contributed by atoms with Gasteiger partial charge in [0.1, 0.15) is 12.4 Å². The van der Waals surface area contributed by atoms with Crippen LogP contribution in [0.5, 0.6) is 11.5 Å². The molecule has 1 heterocycles. The van der Waals surface area contributed by atoms with E-state index in [1.807, 2.05) is 55.5 Å². The first-order chi connectivity index (χ1) is 13.2. The van der Waals surface area contributed by atoms with Crippen LogP contribution in [0.3, 0.4) is 0 Å². The highest BCUT2D eigenvalue weighted by molar-refractivity contribution is 5.92. The summed E-state index contributed by atoms with van der Waals surface area (Å²) in [5.74, 6) is 1.57. The number of anilines is 1. The third-order valence-corrected chi connectivity index (χ3v) is 4.20. The summed E-state index contributed by atoms with van der Waals surface area (Å²) >= 11 is 0. The maximum absolute atomic E-state index is 12.4. The highest BCUT2D eigenvalue weighted by Gasteiger charge is 2.10. The van der Waals surface area contributed by atoms with E-state index in [1.54, 1.807) is 25.4 Å². The van der Waals surface area contributed by atoms with Gasteiger partial charge >= 0.3 is 0 Å². The molecule has 1 N–H and O–H groups in total. The van der Waals surface area contributed by atoms with Crippen LogP contribution in [-0.4, -0.2) is 18.0 Å². The number of aromatic nitrogens is 1. The topological polar surface area (TPSA) is 60.5 Å². The van der Waals surface area contributed by atoms with E-state index in [2.05, 4.69) is 10.3 Å². The first kappa shape index (κ1) is 18.5. The predicted octanol–water partition coefficient (Wildman–Crippen LogP) is 4.16. The van der Waals surface area contributed by atoms with Crippen molar-refractivity contribution in [2.75, 3.05) is 12.4 Å². The number of hydrogen-bond acceptors (Lipinski definition) is 4. The molecule has 27 heavy (non-hydrogen) atoms. The van der Waals surface area contributed by atoms with Crippen LogP contribution in [0.4, 0.5) is 5.82 Å². The minimum Gasteiger partial charge on any atom is -0.497 e. The molecule has 5 nitrogen and oxygen atoms in total. The van der Waals surface area contributed by atoms with Crippen molar-refractivity contribution >= 4 is 11.7 Å². The van der Waals surface area contributed by atoms with E-state index >= 15 is 0 Å². The normalized spacial score (nSPS) is 10.3. The zero-order valence-electron chi connectivity index (χ0n) is 15.4. The molecule has 0 aliphatic carbocycles. The lowest BCUT2D eigenvalue weighted by atomic mass is 10.1. The minimum absolute atomic E-state index is 0.153. The lowest BCUT2D eigenvalue weighted by molar-refractivity contribution is -0.115. The maximum Gasteiger partial charge on any atom is 0.230 e. The molecule has 5 heteroatoms. The van der Waals surface area contributed by atoms with Crippen molar-refractivity contribution in [3.05, 3.63) is 83.6 Å². The van der Waals surface area contributed by atoms with Gasteiger partial charge in [-0.2, -0.15) is 0 Å². The summed E-state index contributed by atoms with van der Waals surface area (Å²) in [4.78, 5) is 16.6. The van der Waals surface area contributed by atoms with Crippen LogP contribution in [-0.2, 0) is 17.8 Å². The average molecular weight is 362 g/mol. The monoisotopic (exact) mass is 362 g/mol. The van der Waals surface area contributed by atoms with Gasteiger partial charge in [0.25, 0.3) is 0 Å². The second-order valence-corrected chi connectivity index (χ2v) is 6.14. The number of carbonyl (C=O) groups excluding carboxylic acids is 1. The molecule has 0 spiro atoms. The Labute approximate surface area is 159 Å². The number of nitrogens with one attached hydrogen (secondary N) is 1. The molecule has 3 aromatic rings. The van der Waals surface area contributed by atoms with Crippen LogP contribution in [0, 0.1) is 6.92 Å². The number of nitrogens with zero attached hydrogens (tertiary/aromatic N) is 1. The molecule has 0 bridgehead atoms. The van der Waals surface area contributed by atoms with Gasteiger partial charge in [0.15, 0.2) is 11.6 Å². The Morgan fingerprint density at radius 3 is 2.56 bits per heavy atom. The molecular weight excluding hydrogens is 340 g/mol. The molecule has 138 valence electrons. The zero-order chi connectivity index (χ0) is 19.1. The summed E-state index contributed by atoms with van der Waals surface area (Å²) in [6.45, 7) is 2.46. The third kappa shape index (κ3) is 5.07. The highest BCUT2D eigenvalue weighted by Crippen LogP contribution is 2.23. The van der Waals surface area contributed by atoms with Gasteiger partial charge in [0.05, 0.1) is 13.5 Å². The molecule has 0 aliphatic heterocycles. The average Bonchev–Trinajstić information content (AvgIpc) is 2.69. The molecule has 0 aliphatic rings. The molecular formula is C22H22N2O3. The van der Waals surface area contributed by atoms with Crippen LogP contribution < -0.4 is 14.8 Å². The van der Waals surface area contributed by atoms with Gasteiger partial charge in [0.2, 0.25) is 5.91 Å². The first-order valence-electron chi connectivity index (χ1n) is 8.71. The molecule has 0 unspecified atom stereocenters. The number of hydrogen-bond donors (Lipinski definition) is 1. The van der Waals surface area contributed by atoms with E-state index in [9.17, 15) is 4.79 Å². The van der Waals surface area contributed by atoms with Crippen LogP contribution in [0.25, 0.3) is 0 Å².